The Balaban J connectivity index is 0.00000320. The predicted octanol–water partition coefficient (Wildman–Crippen LogP) is 3.36. The van der Waals surface area contributed by atoms with Gasteiger partial charge in [0, 0.05) is 38.1 Å². The van der Waals surface area contributed by atoms with E-state index in [1.807, 2.05) is 6.92 Å². The Morgan fingerprint density at radius 2 is 2.03 bits per heavy atom. The highest BCUT2D eigenvalue weighted by molar-refractivity contribution is 14.0. The van der Waals surface area contributed by atoms with Crippen molar-refractivity contribution in [3.05, 3.63) is 51.5 Å². The van der Waals surface area contributed by atoms with E-state index in [-0.39, 0.29) is 24.0 Å². The highest BCUT2D eigenvalue weighted by Gasteiger charge is 2.18. The third-order valence-electron chi connectivity index (χ3n) is 5.06. The van der Waals surface area contributed by atoms with Gasteiger partial charge in [-0.3, -0.25) is 4.90 Å². The Morgan fingerprint density at radius 3 is 2.73 bits per heavy atom. The molecule has 1 aliphatic rings. The van der Waals surface area contributed by atoms with E-state index in [1.54, 1.807) is 11.3 Å². The van der Waals surface area contributed by atoms with Crippen LogP contribution in [0.5, 0.6) is 0 Å². The van der Waals surface area contributed by atoms with Gasteiger partial charge in [-0.15, -0.1) is 35.3 Å². The van der Waals surface area contributed by atoms with Gasteiger partial charge >= 0.3 is 0 Å². The monoisotopic (exact) mass is 543 g/mol. The summed E-state index contributed by atoms with van der Waals surface area (Å²) in [6, 6.07) is 8.58. The van der Waals surface area contributed by atoms with Crippen LogP contribution in [0.15, 0.2) is 34.6 Å². The summed E-state index contributed by atoms with van der Waals surface area (Å²) in [6.07, 6.45) is 0.601. The zero-order valence-corrected chi connectivity index (χ0v) is 21.2. The van der Waals surface area contributed by atoms with E-state index >= 15 is 0 Å². The SMILES string of the molecule is CCNC(=NCc1nc(C(C)C)cs1)NCC(O)CN1CCc2ccccc2C1.I. The molecule has 0 radical (unpaired) electrons. The maximum atomic E-state index is 10.5. The molecule has 30 heavy (non-hydrogen) atoms. The second kappa shape index (κ2) is 12.6. The highest BCUT2D eigenvalue weighted by atomic mass is 127. The second-order valence-corrected chi connectivity index (χ2v) is 8.75. The van der Waals surface area contributed by atoms with Crippen LogP contribution >= 0.6 is 35.3 Å². The van der Waals surface area contributed by atoms with Crippen molar-refractivity contribution in [3.8, 4) is 0 Å². The number of aliphatic imine (C=N–C) groups is 1. The molecule has 0 amide bonds. The average molecular weight is 544 g/mol. The quantitative estimate of drug-likeness (QED) is 0.271. The zero-order chi connectivity index (χ0) is 20.6. The van der Waals surface area contributed by atoms with Crippen LogP contribution in [0.2, 0.25) is 0 Å². The number of benzene rings is 1. The first-order valence-corrected chi connectivity index (χ1v) is 11.4. The van der Waals surface area contributed by atoms with Gasteiger partial charge in [-0.05, 0) is 30.4 Å². The molecule has 1 atom stereocenters. The van der Waals surface area contributed by atoms with E-state index in [0.29, 0.717) is 25.6 Å². The largest absolute Gasteiger partial charge is 0.390 e. The lowest BCUT2D eigenvalue weighted by atomic mass is 10.00. The number of rotatable bonds is 8. The zero-order valence-electron chi connectivity index (χ0n) is 18.1. The first kappa shape index (κ1) is 25.0. The summed E-state index contributed by atoms with van der Waals surface area (Å²) < 4.78 is 0. The summed E-state index contributed by atoms with van der Waals surface area (Å²) in [5.41, 5.74) is 3.93. The van der Waals surface area contributed by atoms with Crippen molar-refractivity contribution in [2.24, 2.45) is 4.99 Å². The van der Waals surface area contributed by atoms with E-state index in [2.05, 4.69) is 69.0 Å². The first-order chi connectivity index (χ1) is 14.0. The summed E-state index contributed by atoms with van der Waals surface area (Å²) in [7, 11) is 0. The average Bonchev–Trinajstić information content (AvgIpc) is 3.19. The number of thiazole rings is 1. The number of nitrogens with one attached hydrogen (secondary N) is 2. The number of fused-ring (bicyclic) bond motifs is 1. The van der Waals surface area contributed by atoms with Gasteiger partial charge in [0.25, 0.3) is 0 Å². The van der Waals surface area contributed by atoms with Gasteiger partial charge in [0.2, 0.25) is 0 Å². The molecule has 0 spiro atoms. The molecule has 1 aliphatic heterocycles. The second-order valence-electron chi connectivity index (χ2n) is 7.80. The minimum absolute atomic E-state index is 0. The van der Waals surface area contributed by atoms with Crippen molar-refractivity contribution >= 4 is 41.3 Å². The summed E-state index contributed by atoms with van der Waals surface area (Å²) in [6.45, 7) is 10.7. The standard InChI is InChI=1S/C22H33N5OS.HI/c1-4-23-22(25-12-21-26-20(15-29-21)16(2)3)24-11-19(28)14-27-10-9-17-7-5-6-8-18(17)13-27;/h5-8,15-16,19,28H,4,9-14H2,1-3H3,(H2,23,24,25);1H. The molecule has 3 rings (SSSR count). The maximum Gasteiger partial charge on any atom is 0.191 e. The summed E-state index contributed by atoms with van der Waals surface area (Å²) in [5.74, 6) is 1.16. The molecule has 0 aliphatic carbocycles. The van der Waals surface area contributed by atoms with Crippen LogP contribution in [0, 0.1) is 0 Å². The molecule has 8 heteroatoms. The van der Waals surface area contributed by atoms with Gasteiger partial charge in [-0.2, -0.15) is 0 Å². The minimum atomic E-state index is -0.448. The molecule has 0 fully saturated rings. The molecule has 2 aromatic rings. The van der Waals surface area contributed by atoms with Crippen LogP contribution < -0.4 is 10.6 Å². The highest BCUT2D eigenvalue weighted by Crippen LogP contribution is 2.19. The molecular formula is C22H34IN5OS. The van der Waals surface area contributed by atoms with E-state index < -0.39 is 6.10 Å². The Labute approximate surface area is 201 Å². The summed E-state index contributed by atoms with van der Waals surface area (Å²) in [4.78, 5) is 11.6. The number of guanidine groups is 1. The van der Waals surface area contributed by atoms with E-state index in [9.17, 15) is 5.11 Å². The van der Waals surface area contributed by atoms with Crippen molar-refractivity contribution in [3.63, 3.8) is 0 Å². The normalized spacial score (nSPS) is 15.4. The third kappa shape index (κ3) is 7.47. The van der Waals surface area contributed by atoms with Crippen LogP contribution in [-0.2, 0) is 19.5 Å². The topological polar surface area (TPSA) is 72.8 Å². The van der Waals surface area contributed by atoms with Gasteiger partial charge in [0.15, 0.2) is 5.96 Å². The van der Waals surface area contributed by atoms with Gasteiger partial charge in [0.05, 0.1) is 18.3 Å². The van der Waals surface area contributed by atoms with Crippen molar-refractivity contribution in [1.82, 2.24) is 20.5 Å². The number of hydrogen-bond donors (Lipinski definition) is 3. The molecule has 0 bridgehead atoms. The summed E-state index contributed by atoms with van der Waals surface area (Å²) in [5, 5.41) is 20.2. The van der Waals surface area contributed by atoms with Crippen molar-refractivity contribution in [2.75, 3.05) is 26.2 Å². The number of aliphatic hydroxyl groups is 1. The van der Waals surface area contributed by atoms with Gasteiger partial charge in [0.1, 0.15) is 5.01 Å². The van der Waals surface area contributed by atoms with E-state index in [4.69, 9.17) is 0 Å². The maximum absolute atomic E-state index is 10.5. The molecular weight excluding hydrogens is 509 g/mol. The molecule has 1 aromatic heterocycles. The Hall–Kier alpha value is -1.23. The van der Waals surface area contributed by atoms with Crippen LogP contribution in [0.25, 0.3) is 0 Å². The number of hydrogen-bond acceptors (Lipinski definition) is 5. The number of β-amino-alcohol motifs (C(OH)–C–C–N with tert-alkyl or cyclic N) is 1. The van der Waals surface area contributed by atoms with E-state index in [1.165, 1.54) is 11.1 Å². The lowest BCUT2D eigenvalue weighted by Crippen LogP contribution is -2.45. The van der Waals surface area contributed by atoms with Crippen molar-refractivity contribution < 1.29 is 5.11 Å². The van der Waals surface area contributed by atoms with Gasteiger partial charge in [-0.25, -0.2) is 9.98 Å². The predicted molar refractivity (Wildman–Crippen MR) is 136 cm³/mol. The molecule has 0 saturated carbocycles. The lowest BCUT2D eigenvalue weighted by molar-refractivity contribution is 0.108. The Morgan fingerprint density at radius 1 is 1.27 bits per heavy atom. The molecule has 2 heterocycles. The molecule has 6 nitrogen and oxygen atoms in total. The van der Waals surface area contributed by atoms with Crippen molar-refractivity contribution in [1.29, 1.82) is 0 Å². The van der Waals surface area contributed by atoms with Crippen LogP contribution in [0.3, 0.4) is 0 Å². The summed E-state index contributed by atoms with van der Waals surface area (Å²) >= 11 is 1.65. The van der Waals surface area contributed by atoms with Crippen molar-refractivity contribution in [2.45, 2.75) is 52.3 Å². The fraction of sp³-hybridized carbons (Fsp3) is 0.545. The fourth-order valence-electron chi connectivity index (χ4n) is 3.44. The molecule has 1 aromatic carbocycles. The van der Waals surface area contributed by atoms with Gasteiger partial charge in [-0.1, -0.05) is 38.1 Å². The molecule has 166 valence electrons. The number of aromatic nitrogens is 1. The van der Waals surface area contributed by atoms with E-state index in [0.717, 1.165) is 42.7 Å². The Bertz CT molecular complexity index is 810. The van der Waals surface area contributed by atoms with Crippen LogP contribution in [0.1, 0.15) is 48.5 Å². The lowest BCUT2D eigenvalue weighted by Gasteiger charge is -2.30. The molecule has 3 N–H and O–H groups in total. The van der Waals surface area contributed by atoms with Crippen LogP contribution in [0.4, 0.5) is 0 Å². The minimum Gasteiger partial charge on any atom is -0.390 e. The van der Waals surface area contributed by atoms with Crippen LogP contribution in [-0.4, -0.2) is 53.2 Å². The smallest absolute Gasteiger partial charge is 0.191 e. The molecule has 0 saturated heterocycles. The first-order valence-electron chi connectivity index (χ1n) is 10.5. The van der Waals surface area contributed by atoms with Gasteiger partial charge < -0.3 is 15.7 Å². The third-order valence-corrected chi connectivity index (χ3v) is 5.91. The number of nitrogens with zero attached hydrogens (tertiary/aromatic N) is 3. The molecule has 1 unspecified atom stereocenters. The Kier molecular flexibility index (Phi) is 10.5. The number of aliphatic hydroxyl groups excluding tert-OH is 1. The fourth-order valence-corrected chi connectivity index (χ4v) is 4.32. The number of halogens is 1.